The molecule has 5 N–H and O–H groups in total. The first-order valence-electron chi connectivity index (χ1n) is 0. The molecule has 5 heteroatoms. The van der Waals surface area contributed by atoms with Gasteiger partial charge >= 0.3 is 19.5 Å². The fourth-order valence-corrected chi connectivity index (χ4v) is 0. The van der Waals surface area contributed by atoms with Gasteiger partial charge in [-0.15, -0.1) is 0 Å². The molecule has 0 aromatic carbocycles. The Hall–Kier alpha value is 1.12. The van der Waals surface area contributed by atoms with Gasteiger partial charge in [0.25, 0.3) is 0 Å². The molecular formula is H5Cl2NOZn. The van der Waals surface area contributed by atoms with Crippen LogP contribution in [0.5, 0.6) is 0 Å². The van der Waals surface area contributed by atoms with Crippen LogP contribution in [0.4, 0.5) is 0 Å². The zero-order valence-corrected chi connectivity index (χ0v) is 7.15. The monoisotopic (exact) mass is 169 g/mol. The maximum Gasteiger partial charge on any atom is 2.00 e. The van der Waals surface area contributed by atoms with Crippen molar-refractivity contribution >= 4 is 0 Å². The van der Waals surface area contributed by atoms with Crippen molar-refractivity contribution in [2.75, 3.05) is 0 Å². The Bertz CT molecular complexity index is 9.61. The Morgan fingerprint density at radius 1 is 0.800 bits per heavy atom. The third-order valence-electron chi connectivity index (χ3n) is 0. The van der Waals surface area contributed by atoms with Gasteiger partial charge in [0.1, 0.15) is 0 Å². The minimum atomic E-state index is 0. The van der Waals surface area contributed by atoms with Crippen LogP contribution >= 0.6 is 0 Å². The minimum absolute atomic E-state index is 0. The topological polar surface area (TPSA) is 66.5 Å². The van der Waals surface area contributed by atoms with Gasteiger partial charge in [0.15, 0.2) is 0 Å². The third-order valence-corrected chi connectivity index (χ3v) is 0. The van der Waals surface area contributed by atoms with Gasteiger partial charge in [-0.2, -0.15) is 0 Å². The molecule has 0 unspecified atom stereocenters. The van der Waals surface area contributed by atoms with E-state index in [-0.39, 0.29) is 55.9 Å². The number of hydrogen-bond acceptors (Lipinski definition) is 1. The maximum atomic E-state index is 0. The van der Waals surface area contributed by atoms with E-state index >= 15 is 0 Å². The van der Waals surface area contributed by atoms with Crippen molar-refractivity contribution in [3.63, 3.8) is 0 Å². The zero-order chi connectivity index (χ0) is 0. The Morgan fingerprint density at radius 2 is 0.800 bits per heavy atom. The fraction of sp³-hybridized carbons (Fsp3) is 0. The van der Waals surface area contributed by atoms with Crippen LogP contribution in [0.15, 0.2) is 0 Å². The van der Waals surface area contributed by atoms with E-state index in [0.29, 0.717) is 0 Å². The molecule has 0 atom stereocenters. The van der Waals surface area contributed by atoms with Crippen molar-refractivity contribution in [2.45, 2.75) is 0 Å². The van der Waals surface area contributed by atoms with E-state index in [1.54, 1.807) is 0 Å². The predicted octanol–water partition coefficient (Wildman–Crippen LogP) is -6.66. The van der Waals surface area contributed by atoms with Crippen LogP contribution in [0.2, 0.25) is 0 Å². The van der Waals surface area contributed by atoms with Crippen LogP contribution in [0, 0.1) is 0 Å². The van der Waals surface area contributed by atoms with E-state index in [0.717, 1.165) is 0 Å². The molecule has 0 heterocycles. The molecule has 0 rings (SSSR count). The second-order valence-electron chi connectivity index (χ2n) is 0. The van der Waals surface area contributed by atoms with Gasteiger partial charge in [-0.1, -0.05) is 0 Å². The van der Waals surface area contributed by atoms with Gasteiger partial charge in [0.2, 0.25) is 0 Å². The first-order chi connectivity index (χ1) is 0. The first kappa shape index (κ1) is 127. The van der Waals surface area contributed by atoms with Crippen molar-refractivity contribution in [2.24, 2.45) is 0 Å². The zero-order valence-electron chi connectivity index (χ0n) is 2.67. The fourth-order valence-electron chi connectivity index (χ4n) is 0. The summed E-state index contributed by atoms with van der Waals surface area (Å²) in [6.07, 6.45) is 0. The van der Waals surface area contributed by atoms with E-state index < -0.39 is 0 Å². The van der Waals surface area contributed by atoms with Gasteiger partial charge < -0.3 is 36.4 Å². The summed E-state index contributed by atoms with van der Waals surface area (Å²) in [7, 11) is 0. The van der Waals surface area contributed by atoms with Crippen LogP contribution in [0.3, 0.4) is 0 Å². The minimum Gasteiger partial charge on any atom is -1.00 e. The molecule has 0 aliphatic carbocycles. The largest absolute Gasteiger partial charge is 2.00 e. The molecule has 0 saturated carbocycles. The summed E-state index contributed by atoms with van der Waals surface area (Å²) in [6, 6.07) is 0. The third kappa shape index (κ3) is 39.6. The molecule has 0 aliphatic rings. The summed E-state index contributed by atoms with van der Waals surface area (Å²) < 4.78 is 0. The van der Waals surface area contributed by atoms with Gasteiger partial charge in [0.05, 0.1) is 0 Å². The molecule has 0 aromatic heterocycles. The Kier molecular flexibility index (Phi) is 1760. The quantitative estimate of drug-likeness (QED) is 0.362. The molecule has 0 aromatic rings. The molecule has 0 spiro atoms. The van der Waals surface area contributed by atoms with Crippen molar-refractivity contribution in [3.05, 3.63) is 0 Å². The van der Waals surface area contributed by atoms with E-state index in [4.69, 9.17) is 0 Å². The van der Waals surface area contributed by atoms with Crippen molar-refractivity contribution < 1.29 is 49.8 Å². The second-order valence-corrected chi connectivity index (χ2v) is 0. The average molecular weight is 171 g/mol. The van der Waals surface area contributed by atoms with Crippen LogP contribution in [-0.4, -0.2) is 5.48 Å². The van der Waals surface area contributed by atoms with Crippen molar-refractivity contribution in [1.29, 1.82) is 0 Å². The Morgan fingerprint density at radius 3 is 0.800 bits per heavy atom. The van der Waals surface area contributed by atoms with E-state index in [2.05, 4.69) is 0 Å². The van der Waals surface area contributed by atoms with E-state index in [9.17, 15) is 0 Å². The molecule has 0 saturated heterocycles. The number of hydrogen-bond donors (Lipinski definition) is 1. The van der Waals surface area contributed by atoms with Crippen LogP contribution in [0.25, 0.3) is 0 Å². The molecule has 5 heavy (non-hydrogen) atoms. The second kappa shape index (κ2) is 69.0. The van der Waals surface area contributed by atoms with E-state index in [1.165, 1.54) is 0 Å². The summed E-state index contributed by atoms with van der Waals surface area (Å²) in [6.45, 7) is 0. The molecule has 0 fully saturated rings. The maximum absolute atomic E-state index is 0. The SMILES string of the molecule is N.O.[Cl-].[Cl-].[Zn+2]. The average Bonchev–Trinajstić information content (AvgIpc) is 0. The van der Waals surface area contributed by atoms with E-state index in [1.807, 2.05) is 0 Å². The van der Waals surface area contributed by atoms with Crippen LogP contribution < -0.4 is 31.0 Å². The summed E-state index contributed by atoms with van der Waals surface area (Å²) >= 11 is 0. The summed E-state index contributed by atoms with van der Waals surface area (Å²) in [5.41, 5.74) is 0. The normalized spacial score (nSPS) is 0. The molecule has 32 valence electrons. The Labute approximate surface area is 56.2 Å². The summed E-state index contributed by atoms with van der Waals surface area (Å²) in [5.74, 6) is 0. The molecule has 0 amide bonds. The summed E-state index contributed by atoms with van der Waals surface area (Å²) in [4.78, 5) is 0. The number of rotatable bonds is 0. The van der Waals surface area contributed by atoms with Gasteiger partial charge in [-0.25, -0.2) is 0 Å². The molecule has 0 radical (unpaired) electrons. The number of halogens is 2. The smallest absolute Gasteiger partial charge is 1.00 e. The van der Waals surface area contributed by atoms with Crippen molar-refractivity contribution in [1.82, 2.24) is 6.15 Å². The standard InChI is InChI=1S/2ClH.H3N.H2O.Zn/h2*1H;1H3;1H2;/q;;;;+2/p-2. The molecule has 2 nitrogen and oxygen atoms in total. The molecule has 0 bridgehead atoms. The van der Waals surface area contributed by atoms with Crippen molar-refractivity contribution in [3.8, 4) is 0 Å². The Balaban J connectivity index is 0. The van der Waals surface area contributed by atoms with Gasteiger partial charge in [0, 0.05) is 0 Å². The van der Waals surface area contributed by atoms with Crippen LogP contribution in [0.1, 0.15) is 0 Å². The van der Waals surface area contributed by atoms with Gasteiger partial charge in [-0.05, 0) is 0 Å². The predicted molar refractivity (Wildman–Crippen MR) is 8.64 cm³/mol. The summed E-state index contributed by atoms with van der Waals surface area (Å²) in [5, 5.41) is 0. The molecule has 0 aliphatic heterocycles. The molecular weight excluding hydrogens is 166 g/mol. The van der Waals surface area contributed by atoms with Crippen LogP contribution in [-0.2, 0) is 19.5 Å². The first-order valence-corrected chi connectivity index (χ1v) is 0. The van der Waals surface area contributed by atoms with Gasteiger partial charge in [-0.3, -0.25) is 0 Å².